The summed E-state index contributed by atoms with van der Waals surface area (Å²) in [5.41, 5.74) is 0.674. The van der Waals surface area contributed by atoms with E-state index < -0.39 is 0 Å². The van der Waals surface area contributed by atoms with Crippen LogP contribution in [0.25, 0.3) is 0 Å². The van der Waals surface area contributed by atoms with Gasteiger partial charge in [0, 0.05) is 18.6 Å². The van der Waals surface area contributed by atoms with E-state index in [0.717, 1.165) is 14.0 Å². The molecule has 0 radical (unpaired) electrons. The third-order valence-electron chi connectivity index (χ3n) is 3.67. The molecule has 2 rings (SSSR count). The van der Waals surface area contributed by atoms with Gasteiger partial charge in [0.15, 0.2) is 0 Å². The summed E-state index contributed by atoms with van der Waals surface area (Å²) in [5.74, 6) is -0.0311. The van der Waals surface area contributed by atoms with Crippen LogP contribution in [0.2, 0.25) is 0 Å². The summed E-state index contributed by atoms with van der Waals surface area (Å²) in [6, 6.07) is 2.00. The van der Waals surface area contributed by atoms with E-state index >= 15 is 0 Å². The molecule has 1 saturated carbocycles. The number of thiophene rings is 1. The number of methoxy groups -OCH3 is 1. The zero-order valence-electron chi connectivity index (χ0n) is 10.4. The third kappa shape index (κ3) is 2.53. The Morgan fingerprint density at radius 3 is 2.67 bits per heavy atom. The highest BCUT2D eigenvalue weighted by Gasteiger charge is 2.49. The van der Waals surface area contributed by atoms with Gasteiger partial charge in [-0.2, -0.15) is 0 Å². The van der Waals surface area contributed by atoms with Crippen molar-refractivity contribution in [1.29, 1.82) is 0 Å². The smallest absolute Gasteiger partial charge is 0.253 e. The molecule has 1 amide bonds. The number of carbonyl (C=O) groups excluding carboxylic acids is 1. The van der Waals surface area contributed by atoms with E-state index in [-0.39, 0.29) is 23.5 Å². The number of hydrogen-bond acceptors (Lipinski definition) is 3. The molecule has 2 unspecified atom stereocenters. The first kappa shape index (κ1) is 14.5. The Balaban J connectivity index is 2.04. The van der Waals surface area contributed by atoms with Crippen molar-refractivity contribution < 1.29 is 9.53 Å². The third-order valence-corrected chi connectivity index (χ3v) is 6.01. The molecule has 2 atom stereocenters. The zero-order chi connectivity index (χ0) is 13.5. The van der Waals surface area contributed by atoms with E-state index in [9.17, 15) is 4.79 Å². The molecule has 1 aliphatic carbocycles. The highest BCUT2D eigenvalue weighted by atomic mass is 79.9. The standard InChI is InChI=1S/C12H15Br2NO2S/c1-12(2)7(5-8(12)17-3)15-11(16)6-4-9(13)18-10(6)14/h4,7-8H,5H2,1-3H3,(H,15,16). The Bertz CT molecular complexity index is 473. The van der Waals surface area contributed by atoms with E-state index in [0.29, 0.717) is 5.56 Å². The molecular weight excluding hydrogens is 382 g/mol. The maximum absolute atomic E-state index is 12.2. The zero-order valence-corrected chi connectivity index (χ0v) is 14.4. The summed E-state index contributed by atoms with van der Waals surface area (Å²) < 4.78 is 7.18. The fourth-order valence-corrected chi connectivity index (χ4v) is 5.05. The fraction of sp³-hybridized carbons (Fsp3) is 0.583. The Labute approximate surface area is 128 Å². The van der Waals surface area contributed by atoms with Crippen molar-refractivity contribution in [3.8, 4) is 0 Å². The molecule has 1 aromatic heterocycles. The van der Waals surface area contributed by atoms with Crippen molar-refractivity contribution in [2.45, 2.75) is 32.4 Å². The molecular formula is C12H15Br2NO2S. The monoisotopic (exact) mass is 395 g/mol. The average Bonchev–Trinajstić information content (AvgIpc) is 2.63. The number of carbonyl (C=O) groups is 1. The summed E-state index contributed by atoms with van der Waals surface area (Å²) in [7, 11) is 1.72. The van der Waals surface area contributed by atoms with Crippen molar-refractivity contribution in [3.05, 3.63) is 19.2 Å². The Morgan fingerprint density at radius 1 is 1.56 bits per heavy atom. The molecule has 1 aromatic rings. The van der Waals surface area contributed by atoms with Gasteiger partial charge in [-0.1, -0.05) is 13.8 Å². The van der Waals surface area contributed by atoms with Gasteiger partial charge in [0.1, 0.15) is 0 Å². The second kappa shape index (κ2) is 5.23. The first-order valence-electron chi connectivity index (χ1n) is 5.64. The van der Waals surface area contributed by atoms with Gasteiger partial charge in [-0.3, -0.25) is 4.79 Å². The molecule has 100 valence electrons. The Kier molecular flexibility index (Phi) is 4.21. The fourth-order valence-electron chi connectivity index (χ4n) is 2.26. The normalized spacial score (nSPS) is 25.6. The largest absolute Gasteiger partial charge is 0.381 e. The Hall–Kier alpha value is 0.0900. The first-order chi connectivity index (χ1) is 8.36. The summed E-state index contributed by atoms with van der Waals surface area (Å²) in [6.07, 6.45) is 1.10. The van der Waals surface area contributed by atoms with Crippen LogP contribution in [0.4, 0.5) is 0 Å². The quantitative estimate of drug-likeness (QED) is 0.843. The van der Waals surface area contributed by atoms with Gasteiger partial charge < -0.3 is 10.1 Å². The lowest BCUT2D eigenvalue weighted by Gasteiger charge is -2.51. The molecule has 6 heteroatoms. The highest BCUT2D eigenvalue weighted by Crippen LogP contribution is 2.42. The predicted octanol–water partition coefficient (Wildman–Crippen LogP) is 3.82. The van der Waals surface area contributed by atoms with Crippen molar-refractivity contribution in [3.63, 3.8) is 0 Å². The second-order valence-corrected chi connectivity index (χ2v) is 8.79. The molecule has 3 nitrogen and oxygen atoms in total. The number of amides is 1. The van der Waals surface area contributed by atoms with Crippen molar-refractivity contribution in [2.75, 3.05) is 7.11 Å². The lowest BCUT2D eigenvalue weighted by molar-refractivity contribution is -0.0942. The van der Waals surface area contributed by atoms with Crippen molar-refractivity contribution in [2.24, 2.45) is 5.41 Å². The molecule has 1 N–H and O–H groups in total. The van der Waals surface area contributed by atoms with Gasteiger partial charge in [-0.15, -0.1) is 11.3 Å². The minimum atomic E-state index is -0.0311. The Morgan fingerprint density at radius 2 is 2.22 bits per heavy atom. The van der Waals surface area contributed by atoms with Crippen LogP contribution in [-0.4, -0.2) is 25.2 Å². The van der Waals surface area contributed by atoms with Crippen LogP contribution in [-0.2, 0) is 4.74 Å². The van der Waals surface area contributed by atoms with Gasteiger partial charge in [0.25, 0.3) is 5.91 Å². The molecule has 1 heterocycles. The molecule has 18 heavy (non-hydrogen) atoms. The second-order valence-electron chi connectivity index (χ2n) is 5.05. The molecule has 1 fully saturated rings. The SMILES string of the molecule is COC1CC(NC(=O)c2cc(Br)sc2Br)C1(C)C. The topological polar surface area (TPSA) is 38.3 Å². The van der Waals surface area contributed by atoms with Gasteiger partial charge in [0.05, 0.1) is 19.2 Å². The van der Waals surface area contributed by atoms with Crippen molar-refractivity contribution in [1.82, 2.24) is 5.32 Å². The first-order valence-corrected chi connectivity index (χ1v) is 8.05. The van der Waals surface area contributed by atoms with Gasteiger partial charge in [0.2, 0.25) is 0 Å². The summed E-state index contributed by atoms with van der Waals surface area (Å²) in [6.45, 7) is 4.24. The van der Waals surface area contributed by atoms with Gasteiger partial charge in [-0.05, 0) is 44.3 Å². The van der Waals surface area contributed by atoms with Crippen LogP contribution in [0.1, 0.15) is 30.6 Å². The average molecular weight is 397 g/mol. The molecule has 0 aliphatic heterocycles. The van der Waals surface area contributed by atoms with Crippen LogP contribution >= 0.6 is 43.2 Å². The highest BCUT2D eigenvalue weighted by molar-refractivity contribution is 9.12. The molecule has 0 bridgehead atoms. The van der Waals surface area contributed by atoms with Crippen LogP contribution in [0, 0.1) is 5.41 Å². The minimum Gasteiger partial charge on any atom is -0.381 e. The summed E-state index contributed by atoms with van der Waals surface area (Å²) in [5, 5.41) is 3.08. The van der Waals surface area contributed by atoms with E-state index in [2.05, 4.69) is 51.0 Å². The molecule has 0 aromatic carbocycles. The number of nitrogens with one attached hydrogen (secondary N) is 1. The van der Waals surface area contributed by atoms with Gasteiger partial charge in [-0.25, -0.2) is 0 Å². The number of rotatable bonds is 3. The van der Waals surface area contributed by atoms with Gasteiger partial charge >= 0.3 is 0 Å². The minimum absolute atomic E-state index is 0.00978. The summed E-state index contributed by atoms with van der Waals surface area (Å²) >= 11 is 8.29. The van der Waals surface area contributed by atoms with E-state index in [1.807, 2.05) is 6.07 Å². The van der Waals surface area contributed by atoms with Crippen LogP contribution in [0.3, 0.4) is 0 Å². The van der Waals surface area contributed by atoms with Crippen LogP contribution in [0.15, 0.2) is 13.6 Å². The van der Waals surface area contributed by atoms with Crippen LogP contribution < -0.4 is 5.32 Å². The maximum Gasteiger partial charge on any atom is 0.253 e. The van der Waals surface area contributed by atoms with E-state index in [1.165, 1.54) is 11.3 Å². The number of hydrogen-bond donors (Lipinski definition) is 1. The molecule has 1 aliphatic rings. The lowest BCUT2D eigenvalue weighted by atomic mass is 9.64. The van der Waals surface area contributed by atoms with Crippen molar-refractivity contribution >= 4 is 49.1 Å². The lowest BCUT2D eigenvalue weighted by Crippen LogP contribution is -2.61. The van der Waals surface area contributed by atoms with Crippen LogP contribution in [0.5, 0.6) is 0 Å². The van der Waals surface area contributed by atoms with E-state index in [1.54, 1.807) is 7.11 Å². The summed E-state index contributed by atoms with van der Waals surface area (Å²) in [4.78, 5) is 12.2. The van der Waals surface area contributed by atoms with E-state index in [4.69, 9.17) is 4.74 Å². The maximum atomic E-state index is 12.2. The molecule has 0 saturated heterocycles. The number of ether oxygens (including phenoxy) is 1. The molecule has 0 spiro atoms. The predicted molar refractivity (Wildman–Crippen MR) is 80.2 cm³/mol. The number of halogens is 2.